The average Bonchev–Trinajstić information content (AvgIpc) is 2.33. The Kier molecular flexibility index (Phi) is 6.36. The molecule has 1 rings (SSSR count). The number of urea groups is 1. The molecule has 7 heteroatoms. The molecule has 1 aromatic carbocycles. The minimum Gasteiger partial charge on any atom is -0.481 e. The molecule has 0 aliphatic heterocycles. The van der Waals surface area contributed by atoms with Crippen molar-refractivity contribution in [3.05, 3.63) is 26.8 Å². The molecule has 1 unspecified atom stereocenters. The van der Waals surface area contributed by atoms with Crippen LogP contribution in [0.1, 0.15) is 13.3 Å². The van der Waals surface area contributed by atoms with E-state index in [1.54, 1.807) is 19.1 Å². The Hall–Kier alpha value is -1.02. The number of rotatable bonds is 5. The standard InChI is InChI=1S/C12H14ClIN2O3/c1-2-7(11(17)18)6-15-12(19)16-10-4-3-8(14)5-9(10)13/h3-5,7H,2,6H2,1H3,(H,17,18)(H2,15,16,19). The summed E-state index contributed by atoms with van der Waals surface area (Å²) in [4.78, 5) is 22.4. The lowest BCUT2D eigenvalue weighted by molar-refractivity contribution is -0.141. The van der Waals surface area contributed by atoms with Crippen LogP contribution in [0.3, 0.4) is 0 Å². The molecule has 0 saturated carbocycles. The summed E-state index contributed by atoms with van der Waals surface area (Å²) in [5, 5.41) is 14.4. The van der Waals surface area contributed by atoms with Crippen LogP contribution in [-0.4, -0.2) is 23.7 Å². The van der Waals surface area contributed by atoms with Gasteiger partial charge in [-0.3, -0.25) is 4.79 Å². The van der Waals surface area contributed by atoms with E-state index in [-0.39, 0.29) is 6.54 Å². The molecular formula is C12H14ClIN2O3. The van der Waals surface area contributed by atoms with Crippen LogP contribution in [0, 0.1) is 9.49 Å². The second-order valence-electron chi connectivity index (χ2n) is 3.90. The van der Waals surface area contributed by atoms with Crippen molar-refractivity contribution in [1.29, 1.82) is 0 Å². The Morgan fingerprint density at radius 3 is 2.68 bits per heavy atom. The first-order valence-electron chi connectivity index (χ1n) is 5.66. The quantitative estimate of drug-likeness (QED) is 0.669. The molecule has 0 spiro atoms. The second-order valence-corrected chi connectivity index (χ2v) is 5.56. The van der Waals surface area contributed by atoms with E-state index >= 15 is 0 Å². The zero-order chi connectivity index (χ0) is 14.4. The molecular weight excluding hydrogens is 383 g/mol. The van der Waals surface area contributed by atoms with Crippen LogP contribution < -0.4 is 10.6 Å². The molecule has 0 aliphatic rings. The van der Waals surface area contributed by atoms with Gasteiger partial charge in [0.25, 0.3) is 0 Å². The molecule has 1 aromatic rings. The van der Waals surface area contributed by atoms with Gasteiger partial charge < -0.3 is 15.7 Å². The number of halogens is 2. The molecule has 0 bridgehead atoms. The Labute approximate surface area is 129 Å². The van der Waals surface area contributed by atoms with Gasteiger partial charge in [0.2, 0.25) is 0 Å². The van der Waals surface area contributed by atoms with Crippen LogP contribution in [0.5, 0.6) is 0 Å². The summed E-state index contributed by atoms with van der Waals surface area (Å²) in [6.07, 6.45) is 0.458. The summed E-state index contributed by atoms with van der Waals surface area (Å²) in [5.41, 5.74) is 0.489. The highest BCUT2D eigenvalue weighted by atomic mass is 127. The number of carboxylic acid groups (broad SMARTS) is 1. The van der Waals surface area contributed by atoms with Crippen LogP contribution in [0.2, 0.25) is 5.02 Å². The fourth-order valence-electron chi connectivity index (χ4n) is 1.38. The number of nitrogens with one attached hydrogen (secondary N) is 2. The summed E-state index contributed by atoms with van der Waals surface area (Å²) in [7, 11) is 0. The van der Waals surface area contributed by atoms with E-state index in [9.17, 15) is 9.59 Å². The number of amides is 2. The monoisotopic (exact) mass is 396 g/mol. The van der Waals surface area contributed by atoms with Crippen molar-refractivity contribution in [3.63, 3.8) is 0 Å². The van der Waals surface area contributed by atoms with Crippen molar-refractivity contribution < 1.29 is 14.7 Å². The maximum atomic E-state index is 11.6. The molecule has 0 aliphatic carbocycles. The first-order valence-corrected chi connectivity index (χ1v) is 7.12. The van der Waals surface area contributed by atoms with Crippen molar-refractivity contribution in [2.75, 3.05) is 11.9 Å². The number of carbonyl (C=O) groups excluding carboxylic acids is 1. The zero-order valence-corrected chi connectivity index (χ0v) is 13.2. The predicted molar refractivity (Wildman–Crippen MR) is 82.6 cm³/mol. The first kappa shape index (κ1) is 16.0. The third kappa shape index (κ3) is 5.23. The fraction of sp³-hybridized carbons (Fsp3) is 0.333. The van der Waals surface area contributed by atoms with Gasteiger partial charge in [0.05, 0.1) is 16.6 Å². The molecule has 19 heavy (non-hydrogen) atoms. The Balaban J connectivity index is 2.53. The Bertz CT molecular complexity index is 482. The van der Waals surface area contributed by atoms with Crippen molar-refractivity contribution >= 4 is 51.9 Å². The highest BCUT2D eigenvalue weighted by molar-refractivity contribution is 14.1. The number of carboxylic acids is 1. The Morgan fingerprint density at radius 2 is 2.16 bits per heavy atom. The van der Waals surface area contributed by atoms with E-state index in [1.807, 2.05) is 6.07 Å². The molecule has 0 heterocycles. The molecule has 0 aromatic heterocycles. The summed E-state index contributed by atoms with van der Waals surface area (Å²) >= 11 is 8.09. The molecule has 0 fully saturated rings. The number of aliphatic carboxylic acids is 1. The average molecular weight is 397 g/mol. The van der Waals surface area contributed by atoms with E-state index in [0.29, 0.717) is 17.1 Å². The van der Waals surface area contributed by atoms with Gasteiger partial charge in [-0.25, -0.2) is 4.79 Å². The van der Waals surface area contributed by atoms with Crippen LogP contribution in [-0.2, 0) is 4.79 Å². The van der Waals surface area contributed by atoms with Gasteiger partial charge in [-0.1, -0.05) is 18.5 Å². The minimum atomic E-state index is -0.921. The van der Waals surface area contributed by atoms with E-state index in [1.165, 1.54) is 0 Å². The first-order chi connectivity index (χ1) is 8.93. The fourth-order valence-corrected chi connectivity index (χ4v) is 2.28. The number of benzene rings is 1. The second kappa shape index (κ2) is 7.54. The predicted octanol–water partition coefficient (Wildman–Crippen LogP) is 3.18. The van der Waals surface area contributed by atoms with Crippen LogP contribution in [0.15, 0.2) is 18.2 Å². The third-order valence-electron chi connectivity index (χ3n) is 2.53. The van der Waals surface area contributed by atoms with E-state index in [0.717, 1.165) is 3.57 Å². The number of hydrogen-bond donors (Lipinski definition) is 3. The van der Waals surface area contributed by atoms with Crippen molar-refractivity contribution in [2.45, 2.75) is 13.3 Å². The number of anilines is 1. The molecule has 104 valence electrons. The van der Waals surface area contributed by atoms with Crippen molar-refractivity contribution in [1.82, 2.24) is 5.32 Å². The molecule has 5 nitrogen and oxygen atoms in total. The Morgan fingerprint density at radius 1 is 1.47 bits per heavy atom. The maximum absolute atomic E-state index is 11.6. The zero-order valence-electron chi connectivity index (χ0n) is 10.2. The largest absolute Gasteiger partial charge is 0.481 e. The van der Waals surface area contributed by atoms with E-state index in [4.69, 9.17) is 16.7 Å². The highest BCUT2D eigenvalue weighted by Crippen LogP contribution is 2.23. The molecule has 2 amide bonds. The van der Waals surface area contributed by atoms with Crippen molar-refractivity contribution in [3.8, 4) is 0 Å². The van der Waals surface area contributed by atoms with E-state index in [2.05, 4.69) is 33.2 Å². The summed E-state index contributed by atoms with van der Waals surface area (Å²) in [6, 6.07) is 4.76. The van der Waals surface area contributed by atoms with Gasteiger partial charge in [0.1, 0.15) is 0 Å². The van der Waals surface area contributed by atoms with Crippen LogP contribution in [0.4, 0.5) is 10.5 Å². The summed E-state index contributed by atoms with van der Waals surface area (Å²) in [6.45, 7) is 1.84. The lowest BCUT2D eigenvalue weighted by atomic mass is 10.1. The molecule has 0 saturated heterocycles. The molecule has 3 N–H and O–H groups in total. The van der Waals surface area contributed by atoms with E-state index < -0.39 is 17.9 Å². The van der Waals surface area contributed by atoms with Gasteiger partial charge >= 0.3 is 12.0 Å². The van der Waals surface area contributed by atoms with Gasteiger partial charge in [0, 0.05) is 10.1 Å². The highest BCUT2D eigenvalue weighted by Gasteiger charge is 2.16. The van der Waals surface area contributed by atoms with Crippen molar-refractivity contribution in [2.24, 2.45) is 5.92 Å². The van der Waals surface area contributed by atoms with Gasteiger partial charge in [-0.05, 0) is 47.2 Å². The lowest BCUT2D eigenvalue weighted by Crippen LogP contribution is -2.35. The van der Waals surface area contributed by atoms with Gasteiger partial charge in [-0.2, -0.15) is 0 Å². The van der Waals surface area contributed by atoms with Crippen LogP contribution in [0.25, 0.3) is 0 Å². The molecule has 0 radical (unpaired) electrons. The summed E-state index contributed by atoms with van der Waals surface area (Å²) < 4.78 is 0.963. The number of carbonyl (C=O) groups is 2. The van der Waals surface area contributed by atoms with Crippen LogP contribution >= 0.6 is 34.2 Å². The summed E-state index contributed by atoms with van der Waals surface area (Å²) in [5.74, 6) is -1.51. The SMILES string of the molecule is CCC(CNC(=O)Nc1ccc(I)cc1Cl)C(=O)O. The smallest absolute Gasteiger partial charge is 0.319 e. The minimum absolute atomic E-state index is 0.0830. The topological polar surface area (TPSA) is 78.4 Å². The number of hydrogen-bond acceptors (Lipinski definition) is 2. The van der Waals surface area contributed by atoms with Gasteiger partial charge in [0.15, 0.2) is 0 Å². The molecule has 1 atom stereocenters. The normalized spacial score (nSPS) is 11.7. The lowest BCUT2D eigenvalue weighted by Gasteiger charge is -2.12. The van der Waals surface area contributed by atoms with Gasteiger partial charge in [-0.15, -0.1) is 0 Å². The third-order valence-corrected chi connectivity index (χ3v) is 3.51. The maximum Gasteiger partial charge on any atom is 0.319 e.